The van der Waals surface area contributed by atoms with E-state index in [1.165, 1.54) is 0 Å². The van der Waals surface area contributed by atoms with E-state index in [0.717, 1.165) is 25.8 Å². The van der Waals surface area contributed by atoms with Crippen LogP contribution < -0.4 is 11.1 Å². The number of amides is 1. The highest BCUT2D eigenvalue weighted by molar-refractivity contribution is 5.84. The molecule has 0 aliphatic rings. The molecular weight excluding hydrogens is 192 g/mol. The van der Waals surface area contributed by atoms with Gasteiger partial charge in [0.2, 0.25) is 0 Å². The number of unbranched alkanes of at least 4 members (excludes halogenated alkanes) is 2. The lowest BCUT2D eigenvalue weighted by Crippen LogP contribution is -2.45. The monoisotopic (exact) mass is 216 g/mol. The summed E-state index contributed by atoms with van der Waals surface area (Å²) in [5.74, 6) is -0.0275. The quantitative estimate of drug-likeness (QED) is 0.596. The third-order valence-electron chi connectivity index (χ3n) is 2.77. The molecule has 90 valence electrons. The molecule has 4 heteroatoms. The van der Waals surface area contributed by atoms with E-state index >= 15 is 0 Å². The summed E-state index contributed by atoms with van der Waals surface area (Å²) in [4.78, 5) is 11.7. The van der Waals surface area contributed by atoms with Gasteiger partial charge in [0.15, 0.2) is 0 Å². The standard InChI is InChI=1S/C11H24N2O2/c1-4-11(2,15-3)10(14)13-9-7-5-6-8-12/h4-9,12H2,1-3H3,(H,13,14). The van der Waals surface area contributed by atoms with Gasteiger partial charge in [-0.05, 0) is 32.7 Å². The van der Waals surface area contributed by atoms with Gasteiger partial charge in [0, 0.05) is 13.7 Å². The van der Waals surface area contributed by atoms with Crippen molar-refractivity contribution in [1.82, 2.24) is 5.32 Å². The molecule has 0 saturated carbocycles. The molecule has 0 aliphatic carbocycles. The number of carbonyl (C=O) groups is 1. The summed E-state index contributed by atoms with van der Waals surface area (Å²) < 4.78 is 5.19. The molecule has 0 bridgehead atoms. The van der Waals surface area contributed by atoms with Crippen LogP contribution in [0.2, 0.25) is 0 Å². The Morgan fingerprint density at radius 2 is 2.07 bits per heavy atom. The van der Waals surface area contributed by atoms with Gasteiger partial charge in [-0.1, -0.05) is 13.3 Å². The van der Waals surface area contributed by atoms with E-state index in [0.29, 0.717) is 13.0 Å². The smallest absolute Gasteiger partial charge is 0.251 e. The van der Waals surface area contributed by atoms with Crippen molar-refractivity contribution >= 4 is 5.91 Å². The number of hydrogen-bond acceptors (Lipinski definition) is 3. The average Bonchev–Trinajstić information content (AvgIpc) is 2.27. The number of carbonyl (C=O) groups excluding carboxylic acids is 1. The molecule has 0 aromatic heterocycles. The lowest BCUT2D eigenvalue weighted by molar-refractivity contribution is -0.141. The zero-order chi connectivity index (χ0) is 11.7. The summed E-state index contributed by atoms with van der Waals surface area (Å²) in [6.07, 6.45) is 3.74. The molecule has 1 atom stereocenters. The molecule has 0 fully saturated rings. The summed E-state index contributed by atoms with van der Waals surface area (Å²) in [7, 11) is 1.57. The van der Waals surface area contributed by atoms with Gasteiger partial charge in [-0.25, -0.2) is 0 Å². The molecular formula is C11H24N2O2. The molecule has 0 radical (unpaired) electrons. The van der Waals surface area contributed by atoms with E-state index < -0.39 is 5.60 Å². The topological polar surface area (TPSA) is 64.3 Å². The van der Waals surface area contributed by atoms with Crippen molar-refractivity contribution < 1.29 is 9.53 Å². The van der Waals surface area contributed by atoms with Crippen LogP contribution in [0.15, 0.2) is 0 Å². The lowest BCUT2D eigenvalue weighted by atomic mass is 10.0. The number of nitrogens with two attached hydrogens (primary N) is 1. The number of nitrogens with one attached hydrogen (secondary N) is 1. The Morgan fingerprint density at radius 3 is 2.53 bits per heavy atom. The molecule has 1 amide bonds. The van der Waals surface area contributed by atoms with Crippen LogP contribution in [0.1, 0.15) is 39.5 Å². The van der Waals surface area contributed by atoms with Crippen molar-refractivity contribution in [2.75, 3.05) is 20.2 Å². The Balaban J connectivity index is 3.73. The average molecular weight is 216 g/mol. The van der Waals surface area contributed by atoms with Crippen molar-refractivity contribution in [3.63, 3.8) is 0 Å². The molecule has 0 aromatic carbocycles. The highest BCUT2D eigenvalue weighted by atomic mass is 16.5. The third kappa shape index (κ3) is 5.14. The molecule has 4 nitrogen and oxygen atoms in total. The number of rotatable bonds is 8. The number of ether oxygens (including phenoxy) is 1. The fourth-order valence-corrected chi connectivity index (χ4v) is 1.23. The van der Waals surface area contributed by atoms with Crippen LogP contribution in [0.4, 0.5) is 0 Å². The van der Waals surface area contributed by atoms with Crippen molar-refractivity contribution in [3.8, 4) is 0 Å². The summed E-state index contributed by atoms with van der Waals surface area (Å²) >= 11 is 0. The summed E-state index contributed by atoms with van der Waals surface area (Å²) in [6.45, 7) is 5.18. The summed E-state index contributed by atoms with van der Waals surface area (Å²) in [5.41, 5.74) is 4.69. The van der Waals surface area contributed by atoms with Crippen LogP contribution in [0.3, 0.4) is 0 Å². The van der Waals surface area contributed by atoms with Crippen LogP contribution in [0.5, 0.6) is 0 Å². The van der Waals surface area contributed by atoms with Gasteiger partial charge in [0.25, 0.3) is 5.91 Å². The largest absolute Gasteiger partial charge is 0.369 e. The minimum absolute atomic E-state index is 0.0275. The Labute approximate surface area is 92.6 Å². The van der Waals surface area contributed by atoms with Crippen LogP contribution in [-0.2, 0) is 9.53 Å². The third-order valence-corrected chi connectivity index (χ3v) is 2.77. The summed E-state index contributed by atoms with van der Waals surface area (Å²) in [6, 6.07) is 0. The zero-order valence-electron chi connectivity index (χ0n) is 10.1. The fourth-order valence-electron chi connectivity index (χ4n) is 1.23. The lowest BCUT2D eigenvalue weighted by Gasteiger charge is -2.25. The van der Waals surface area contributed by atoms with Gasteiger partial charge >= 0.3 is 0 Å². The molecule has 0 aliphatic heterocycles. The van der Waals surface area contributed by atoms with Crippen molar-refractivity contribution in [2.24, 2.45) is 5.73 Å². The minimum atomic E-state index is -0.687. The van der Waals surface area contributed by atoms with Crippen LogP contribution in [0.25, 0.3) is 0 Å². The predicted molar refractivity (Wildman–Crippen MR) is 61.6 cm³/mol. The first kappa shape index (κ1) is 14.4. The van der Waals surface area contributed by atoms with Gasteiger partial charge in [-0.2, -0.15) is 0 Å². The molecule has 0 aromatic rings. The van der Waals surface area contributed by atoms with Crippen molar-refractivity contribution in [2.45, 2.75) is 45.1 Å². The van der Waals surface area contributed by atoms with Crippen molar-refractivity contribution in [3.05, 3.63) is 0 Å². The first-order valence-electron chi connectivity index (χ1n) is 5.64. The van der Waals surface area contributed by atoms with E-state index in [1.54, 1.807) is 7.11 Å². The van der Waals surface area contributed by atoms with E-state index in [9.17, 15) is 4.79 Å². The van der Waals surface area contributed by atoms with Gasteiger partial charge in [0.1, 0.15) is 5.60 Å². The normalized spacial score (nSPS) is 14.7. The Morgan fingerprint density at radius 1 is 1.40 bits per heavy atom. The van der Waals surface area contributed by atoms with Gasteiger partial charge in [-0.3, -0.25) is 4.79 Å². The minimum Gasteiger partial charge on any atom is -0.369 e. The first-order valence-corrected chi connectivity index (χ1v) is 5.64. The highest BCUT2D eigenvalue weighted by Crippen LogP contribution is 2.13. The molecule has 1 unspecified atom stereocenters. The van der Waals surface area contributed by atoms with Gasteiger partial charge < -0.3 is 15.8 Å². The highest BCUT2D eigenvalue weighted by Gasteiger charge is 2.30. The van der Waals surface area contributed by atoms with Crippen molar-refractivity contribution in [1.29, 1.82) is 0 Å². The Hall–Kier alpha value is -0.610. The first-order chi connectivity index (χ1) is 7.10. The maximum Gasteiger partial charge on any atom is 0.251 e. The SMILES string of the molecule is CCC(C)(OC)C(=O)NCCCCCN. The van der Waals surface area contributed by atoms with E-state index in [2.05, 4.69) is 5.32 Å². The van der Waals surface area contributed by atoms with Gasteiger partial charge in [0.05, 0.1) is 0 Å². The number of methoxy groups -OCH3 is 1. The van der Waals surface area contributed by atoms with Crippen LogP contribution >= 0.6 is 0 Å². The predicted octanol–water partition coefficient (Wildman–Crippen LogP) is 1.05. The number of hydrogen-bond donors (Lipinski definition) is 2. The van der Waals surface area contributed by atoms with Crippen LogP contribution in [0, 0.1) is 0 Å². The Kier molecular flexibility index (Phi) is 7.34. The molecule has 0 spiro atoms. The van der Waals surface area contributed by atoms with E-state index in [-0.39, 0.29) is 5.91 Å². The molecule has 0 saturated heterocycles. The molecule has 0 heterocycles. The maximum absolute atomic E-state index is 11.7. The molecule has 0 rings (SSSR count). The molecule has 15 heavy (non-hydrogen) atoms. The second kappa shape index (κ2) is 7.65. The van der Waals surface area contributed by atoms with Gasteiger partial charge in [-0.15, -0.1) is 0 Å². The molecule has 3 N–H and O–H groups in total. The zero-order valence-corrected chi connectivity index (χ0v) is 10.1. The second-order valence-corrected chi connectivity index (χ2v) is 3.89. The van der Waals surface area contributed by atoms with E-state index in [4.69, 9.17) is 10.5 Å². The van der Waals surface area contributed by atoms with Crippen LogP contribution in [-0.4, -0.2) is 31.7 Å². The maximum atomic E-state index is 11.7. The Bertz CT molecular complexity index is 179. The fraction of sp³-hybridized carbons (Fsp3) is 0.909. The second-order valence-electron chi connectivity index (χ2n) is 3.89. The van der Waals surface area contributed by atoms with E-state index in [1.807, 2.05) is 13.8 Å². The summed E-state index contributed by atoms with van der Waals surface area (Å²) in [5, 5.41) is 2.88.